The summed E-state index contributed by atoms with van der Waals surface area (Å²) in [5, 5.41) is 3.42. The van der Waals surface area contributed by atoms with Crippen LogP contribution in [0.3, 0.4) is 0 Å². The van der Waals surface area contributed by atoms with E-state index in [1.807, 2.05) is 0 Å². The van der Waals surface area contributed by atoms with Crippen molar-refractivity contribution in [1.82, 2.24) is 5.32 Å². The van der Waals surface area contributed by atoms with Crippen LogP contribution in [0.15, 0.2) is 12.1 Å². The first kappa shape index (κ1) is 17.8. The molecule has 0 spiro atoms. The molecule has 0 atom stereocenters. The number of aryl methyl sites for hydroxylation is 1. The van der Waals surface area contributed by atoms with Crippen LogP contribution in [0.2, 0.25) is 0 Å². The molecule has 1 aromatic carbocycles. The Labute approximate surface area is 127 Å². The summed E-state index contributed by atoms with van der Waals surface area (Å²) < 4.78 is 24.2. The highest BCUT2D eigenvalue weighted by Crippen LogP contribution is 2.30. The fraction of sp³-hybridized carbons (Fsp3) is 0.647. The summed E-state index contributed by atoms with van der Waals surface area (Å²) in [6, 6.07) is 3.14. The molecule has 0 saturated heterocycles. The second-order valence-corrected chi connectivity index (χ2v) is 5.71. The first-order valence-corrected chi connectivity index (χ1v) is 7.69. The average Bonchev–Trinajstić information content (AvgIpc) is 2.46. The molecule has 0 aliphatic heterocycles. The quantitative estimate of drug-likeness (QED) is 0.666. The second-order valence-electron chi connectivity index (χ2n) is 5.71. The molecule has 0 aliphatic carbocycles. The lowest BCUT2D eigenvalue weighted by atomic mass is 10.1. The van der Waals surface area contributed by atoms with E-state index < -0.39 is 0 Å². The summed E-state index contributed by atoms with van der Waals surface area (Å²) >= 11 is 0. The molecule has 0 heterocycles. The molecule has 1 N–H and O–H groups in total. The fourth-order valence-corrected chi connectivity index (χ4v) is 2.22. The largest absolute Gasteiger partial charge is 0.493 e. The molecule has 0 aromatic heterocycles. The summed E-state index contributed by atoms with van der Waals surface area (Å²) in [6.07, 6.45) is 3.94. The molecule has 0 fully saturated rings. The molecule has 0 amide bonds. The number of hydrogen-bond donors (Lipinski definition) is 1. The van der Waals surface area contributed by atoms with Crippen LogP contribution in [0.1, 0.15) is 38.7 Å². The van der Waals surface area contributed by atoms with E-state index in [4.69, 9.17) is 9.47 Å². The molecular weight excluding hydrogens is 269 g/mol. The predicted molar refractivity (Wildman–Crippen MR) is 84.8 cm³/mol. The zero-order valence-corrected chi connectivity index (χ0v) is 13.7. The zero-order chi connectivity index (χ0) is 15.7. The van der Waals surface area contributed by atoms with Gasteiger partial charge in [0.2, 0.25) is 0 Å². The first-order valence-electron chi connectivity index (χ1n) is 7.69. The molecule has 0 saturated carbocycles. The van der Waals surface area contributed by atoms with Gasteiger partial charge in [-0.3, -0.25) is 0 Å². The Morgan fingerprint density at radius 1 is 1.05 bits per heavy atom. The van der Waals surface area contributed by atoms with Crippen molar-refractivity contribution in [3.63, 3.8) is 0 Å². The summed E-state index contributed by atoms with van der Waals surface area (Å²) in [6.45, 7) is 6.50. The van der Waals surface area contributed by atoms with Gasteiger partial charge in [0, 0.05) is 6.07 Å². The maximum absolute atomic E-state index is 13.9. The third-order valence-corrected chi connectivity index (χ3v) is 3.40. The van der Waals surface area contributed by atoms with E-state index in [-0.39, 0.29) is 5.82 Å². The minimum Gasteiger partial charge on any atom is -0.493 e. The summed E-state index contributed by atoms with van der Waals surface area (Å²) in [7, 11) is 3.08. The van der Waals surface area contributed by atoms with Crippen LogP contribution in [0.5, 0.6) is 11.5 Å². The number of halogens is 1. The zero-order valence-electron chi connectivity index (χ0n) is 13.7. The van der Waals surface area contributed by atoms with Gasteiger partial charge < -0.3 is 14.8 Å². The van der Waals surface area contributed by atoms with Gasteiger partial charge in [-0.2, -0.15) is 0 Å². The van der Waals surface area contributed by atoms with E-state index in [0.29, 0.717) is 23.0 Å². The van der Waals surface area contributed by atoms with Gasteiger partial charge in [0.25, 0.3) is 0 Å². The molecular formula is C17H28FNO2. The molecule has 0 aliphatic rings. The van der Waals surface area contributed by atoms with Crippen molar-refractivity contribution in [1.29, 1.82) is 0 Å². The maximum atomic E-state index is 13.9. The Hall–Kier alpha value is -1.29. The van der Waals surface area contributed by atoms with Crippen LogP contribution in [0.25, 0.3) is 0 Å². The van der Waals surface area contributed by atoms with Crippen molar-refractivity contribution in [2.45, 2.75) is 39.5 Å². The Balaban J connectivity index is 2.35. The van der Waals surface area contributed by atoms with Gasteiger partial charge in [-0.1, -0.05) is 20.3 Å². The van der Waals surface area contributed by atoms with Crippen LogP contribution in [0.4, 0.5) is 4.39 Å². The molecule has 1 rings (SSSR count). The number of nitrogens with one attached hydrogen (secondary N) is 1. The highest BCUT2D eigenvalue weighted by molar-refractivity contribution is 5.43. The van der Waals surface area contributed by atoms with E-state index in [9.17, 15) is 4.39 Å². The molecule has 21 heavy (non-hydrogen) atoms. The van der Waals surface area contributed by atoms with Crippen LogP contribution in [-0.2, 0) is 6.42 Å². The third kappa shape index (κ3) is 6.34. The number of hydrogen-bond acceptors (Lipinski definition) is 3. The number of methoxy groups -OCH3 is 2. The Morgan fingerprint density at radius 3 is 2.33 bits per heavy atom. The smallest absolute Gasteiger partial charge is 0.163 e. The van der Waals surface area contributed by atoms with Gasteiger partial charge in [0.15, 0.2) is 11.5 Å². The molecule has 0 radical (unpaired) electrons. The SMILES string of the molecule is COc1cc(F)c(CCCCCNCC(C)C)cc1OC. The Kier molecular flexibility index (Phi) is 8.13. The first-order chi connectivity index (χ1) is 10.1. The van der Waals surface area contributed by atoms with E-state index in [2.05, 4.69) is 19.2 Å². The fourth-order valence-electron chi connectivity index (χ4n) is 2.22. The topological polar surface area (TPSA) is 30.5 Å². The van der Waals surface area contributed by atoms with Crippen molar-refractivity contribution in [2.75, 3.05) is 27.3 Å². The highest BCUT2D eigenvalue weighted by atomic mass is 19.1. The lowest BCUT2D eigenvalue weighted by Gasteiger charge is -2.11. The minimum atomic E-state index is -0.217. The van der Waals surface area contributed by atoms with Crippen molar-refractivity contribution < 1.29 is 13.9 Å². The molecule has 0 bridgehead atoms. The maximum Gasteiger partial charge on any atom is 0.163 e. The van der Waals surface area contributed by atoms with Crippen LogP contribution in [-0.4, -0.2) is 27.3 Å². The molecule has 0 unspecified atom stereocenters. The lowest BCUT2D eigenvalue weighted by Crippen LogP contribution is -2.20. The second kappa shape index (κ2) is 9.61. The highest BCUT2D eigenvalue weighted by Gasteiger charge is 2.10. The van der Waals surface area contributed by atoms with Crippen LogP contribution < -0.4 is 14.8 Å². The van der Waals surface area contributed by atoms with E-state index in [1.54, 1.807) is 13.2 Å². The number of rotatable bonds is 10. The van der Waals surface area contributed by atoms with Crippen LogP contribution >= 0.6 is 0 Å². The van der Waals surface area contributed by atoms with Crippen molar-refractivity contribution in [3.05, 3.63) is 23.5 Å². The van der Waals surface area contributed by atoms with Gasteiger partial charge in [-0.25, -0.2) is 4.39 Å². The molecule has 4 heteroatoms. The summed E-state index contributed by atoms with van der Waals surface area (Å²) in [5.74, 6) is 1.50. The van der Waals surface area contributed by atoms with Crippen molar-refractivity contribution in [2.24, 2.45) is 5.92 Å². The average molecular weight is 297 g/mol. The van der Waals surface area contributed by atoms with Gasteiger partial charge in [-0.05, 0) is 49.9 Å². The molecule has 3 nitrogen and oxygen atoms in total. The van der Waals surface area contributed by atoms with E-state index in [0.717, 1.165) is 38.8 Å². The number of ether oxygens (including phenoxy) is 2. The summed E-state index contributed by atoms with van der Waals surface area (Å²) in [4.78, 5) is 0. The standard InChI is InChI=1S/C17H28FNO2/c1-13(2)12-19-9-7-5-6-8-14-10-16(20-3)17(21-4)11-15(14)18/h10-11,13,19H,5-9,12H2,1-4H3. The minimum absolute atomic E-state index is 0.217. The lowest BCUT2D eigenvalue weighted by molar-refractivity contribution is 0.351. The number of benzene rings is 1. The van der Waals surface area contributed by atoms with E-state index in [1.165, 1.54) is 13.2 Å². The Morgan fingerprint density at radius 2 is 1.71 bits per heavy atom. The van der Waals surface area contributed by atoms with Gasteiger partial charge in [0.05, 0.1) is 14.2 Å². The van der Waals surface area contributed by atoms with Gasteiger partial charge in [-0.15, -0.1) is 0 Å². The van der Waals surface area contributed by atoms with Gasteiger partial charge >= 0.3 is 0 Å². The Bertz CT molecular complexity index is 421. The van der Waals surface area contributed by atoms with Crippen molar-refractivity contribution >= 4 is 0 Å². The predicted octanol–water partition coefficient (Wildman–Crippen LogP) is 3.80. The third-order valence-electron chi connectivity index (χ3n) is 3.40. The number of unbranched alkanes of at least 4 members (excludes halogenated alkanes) is 2. The monoisotopic (exact) mass is 297 g/mol. The van der Waals surface area contributed by atoms with E-state index >= 15 is 0 Å². The molecule has 1 aromatic rings. The van der Waals surface area contributed by atoms with Crippen molar-refractivity contribution in [3.8, 4) is 11.5 Å². The summed E-state index contributed by atoms with van der Waals surface area (Å²) in [5.41, 5.74) is 0.697. The molecule has 120 valence electrons. The normalized spacial score (nSPS) is 11.0. The van der Waals surface area contributed by atoms with Gasteiger partial charge in [0.1, 0.15) is 5.82 Å². The van der Waals surface area contributed by atoms with Crippen LogP contribution in [0, 0.1) is 11.7 Å².